The van der Waals surface area contributed by atoms with Gasteiger partial charge in [0.1, 0.15) is 29.4 Å². The van der Waals surface area contributed by atoms with Crippen LogP contribution in [0.4, 0.5) is 10.2 Å². The zero-order chi connectivity index (χ0) is 32.9. The molecule has 0 aliphatic carbocycles. The Kier molecular flexibility index (Phi) is 8.35. The molecule has 4 aromatic rings. The standard InChI is InChI=1S/C37H45FN6O4/c1-3-24-8-5-9-25-16-26(45)17-28(30(24)25)32-31(38)33-29(19-39-32)34-42-35(41-33)48-23-37-10-6-12-44(37)20-27(18-37)47-15-7-14-46-22-36(4-2)21-43(34)13-11-40-36/h5,8-9,16-17,19,27,40,45H,3-4,6-7,10-15,18,20-23H2,1-2H3/t27-,36-,37-/m1/s1. The van der Waals surface area contributed by atoms with Crippen molar-refractivity contribution in [2.75, 3.05) is 64.1 Å². The number of piperazine rings is 1. The van der Waals surface area contributed by atoms with E-state index in [4.69, 9.17) is 29.2 Å². The molecule has 4 aliphatic rings. The molecular formula is C37H45FN6O4. The Bertz CT molecular complexity index is 1840. The van der Waals surface area contributed by atoms with Gasteiger partial charge in [0.25, 0.3) is 0 Å². The molecule has 6 heterocycles. The highest BCUT2D eigenvalue weighted by atomic mass is 19.1. The van der Waals surface area contributed by atoms with E-state index in [-0.39, 0.29) is 40.2 Å². The van der Waals surface area contributed by atoms with Crippen LogP contribution in [-0.2, 0) is 15.9 Å². The van der Waals surface area contributed by atoms with E-state index in [2.05, 4.69) is 29.0 Å². The number of rotatable bonds is 3. The van der Waals surface area contributed by atoms with Gasteiger partial charge in [0.15, 0.2) is 5.82 Å². The van der Waals surface area contributed by atoms with Crippen LogP contribution in [0.25, 0.3) is 32.9 Å². The minimum absolute atomic E-state index is 0.0570. The van der Waals surface area contributed by atoms with Crippen LogP contribution in [0.5, 0.6) is 11.8 Å². The first kappa shape index (κ1) is 31.6. The van der Waals surface area contributed by atoms with Gasteiger partial charge in [-0.25, -0.2) is 4.39 Å². The third-order valence-corrected chi connectivity index (χ3v) is 11.1. The Morgan fingerprint density at radius 2 is 2.02 bits per heavy atom. The van der Waals surface area contributed by atoms with Crippen LogP contribution in [0.2, 0.25) is 0 Å². The third kappa shape index (κ3) is 5.54. The quantitative estimate of drug-likeness (QED) is 0.305. The Morgan fingerprint density at radius 1 is 1.10 bits per heavy atom. The number of ether oxygens (including phenoxy) is 3. The van der Waals surface area contributed by atoms with Gasteiger partial charge in [-0.2, -0.15) is 9.97 Å². The summed E-state index contributed by atoms with van der Waals surface area (Å²) in [4.78, 5) is 19.2. The van der Waals surface area contributed by atoms with Crippen LogP contribution in [0.15, 0.2) is 36.5 Å². The van der Waals surface area contributed by atoms with Gasteiger partial charge in [-0.15, -0.1) is 0 Å². The van der Waals surface area contributed by atoms with Gasteiger partial charge < -0.3 is 29.5 Å². The number of phenolic OH excluding ortho intramolecular Hbond substituents is 1. The summed E-state index contributed by atoms with van der Waals surface area (Å²) < 4.78 is 36.2. The molecule has 0 amide bonds. The number of fused-ring (bicyclic) bond motifs is 9. The Balaban J connectivity index is 1.27. The summed E-state index contributed by atoms with van der Waals surface area (Å²) in [7, 11) is 0. The number of phenols is 1. The van der Waals surface area contributed by atoms with Gasteiger partial charge in [-0.1, -0.05) is 32.0 Å². The molecule has 8 rings (SSSR count). The summed E-state index contributed by atoms with van der Waals surface area (Å²) in [6.45, 7) is 10.4. The van der Waals surface area contributed by atoms with Crippen molar-refractivity contribution in [3.05, 3.63) is 47.9 Å². The number of halogens is 1. The number of benzene rings is 2. The summed E-state index contributed by atoms with van der Waals surface area (Å²) in [5, 5.41) is 16.6. The maximum Gasteiger partial charge on any atom is 0.319 e. The van der Waals surface area contributed by atoms with E-state index >= 15 is 4.39 Å². The fraction of sp³-hybridized carbons (Fsp3) is 0.541. The molecule has 2 aromatic carbocycles. The van der Waals surface area contributed by atoms with Crippen molar-refractivity contribution in [3.8, 4) is 23.0 Å². The lowest BCUT2D eigenvalue weighted by molar-refractivity contribution is 0.0211. The van der Waals surface area contributed by atoms with E-state index in [9.17, 15) is 5.11 Å². The van der Waals surface area contributed by atoms with Crippen molar-refractivity contribution in [1.29, 1.82) is 0 Å². The normalized spacial score (nSPS) is 26.8. The fourth-order valence-electron chi connectivity index (χ4n) is 8.51. The number of pyridine rings is 1. The van der Waals surface area contributed by atoms with Crippen LogP contribution in [0.1, 0.15) is 51.5 Å². The molecule has 254 valence electrons. The number of aromatic nitrogens is 3. The summed E-state index contributed by atoms with van der Waals surface area (Å²) in [5.41, 5.74) is 1.45. The Labute approximate surface area is 280 Å². The molecule has 6 bridgehead atoms. The second kappa shape index (κ2) is 12.7. The predicted octanol–water partition coefficient (Wildman–Crippen LogP) is 5.23. The van der Waals surface area contributed by atoms with Crippen LogP contribution in [0, 0.1) is 5.82 Å². The van der Waals surface area contributed by atoms with Crippen molar-refractivity contribution in [3.63, 3.8) is 0 Å². The van der Waals surface area contributed by atoms with Crippen molar-refractivity contribution in [1.82, 2.24) is 25.2 Å². The monoisotopic (exact) mass is 656 g/mol. The van der Waals surface area contributed by atoms with E-state index in [1.165, 1.54) is 0 Å². The highest BCUT2D eigenvalue weighted by Gasteiger charge is 2.49. The topological polar surface area (TPSA) is 105 Å². The molecule has 4 aliphatic heterocycles. The smallest absolute Gasteiger partial charge is 0.319 e. The van der Waals surface area contributed by atoms with E-state index in [1.807, 2.05) is 18.2 Å². The van der Waals surface area contributed by atoms with Gasteiger partial charge in [-0.05, 0) is 73.5 Å². The first-order valence-electron chi connectivity index (χ1n) is 17.6. The SMILES string of the molecule is CCc1cccc2cc(O)cc(-c3ncc4c5nc(nc4c3F)OC[C@]34CCCN3C[C@@H](C4)OCCCOC[C@@]3(CC)CN5CCN3)c12. The maximum absolute atomic E-state index is 17.1. The van der Waals surface area contributed by atoms with Gasteiger partial charge in [0.05, 0.1) is 29.2 Å². The zero-order valence-electron chi connectivity index (χ0n) is 27.9. The average Bonchev–Trinajstić information content (AvgIpc) is 3.65. The van der Waals surface area contributed by atoms with E-state index < -0.39 is 5.82 Å². The van der Waals surface area contributed by atoms with Gasteiger partial charge in [0, 0.05) is 51.2 Å². The van der Waals surface area contributed by atoms with E-state index in [0.29, 0.717) is 56.3 Å². The fourth-order valence-corrected chi connectivity index (χ4v) is 8.51. The van der Waals surface area contributed by atoms with Gasteiger partial charge >= 0.3 is 6.01 Å². The van der Waals surface area contributed by atoms with Crippen molar-refractivity contribution < 1.29 is 23.7 Å². The summed E-state index contributed by atoms with van der Waals surface area (Å²) in [6.07, 6.45) is 7.29. The summed E-state index contributed by atoms with van der Waals surface area (Å²) >= 11 is 0. The van der Waals surface area contributed by atoms with E-state index in [1.54, 1.807) is 18.3 Å². The summed E-state index contributed by atoms with van der Waals surface area (Å²) in [5.74, 6) is 0.112. The minimum Gasteiger partial charge on any atom is -0.508 e. The van der Waals surface area contributed by atoms with Crippen LogP contribution < -0.4 is 15.0 Å². The number of hydrogen-bond donors (Lipinski definition) is 2. The molecule has 48 heavy (non-hydrogen) atoms. The van der Waals surface area contributed by atoms with E-state index in [0.717, 1.165) is 74.5 Å². The average molecular weight is 657 g/mol. The number of nitrogens with zero attached hydrogens (tertiary/aromatic N) is 5. The largest absolute Gasteiger partial charge is 0.508 e. The van der Waals surface area contributed by atoms with Gasteiger partial charge in [-0.3, -0.25) is 9.88 Å². The Morgan fingerprint density at radius 3 is 2.90 bits per heavy atom. The van der Waals surface area contributed by atoms with Crippen LogP contribution in [0.3, 0.4) is 0 Å². The lowest BCUT2D eigenvalue weighted by atomic mass is 9.93. The molecule has 11 heteroatoms. The highest BCUT2D eigenvalue weighted by Crippen LogP contribution is 2.42. The number of aromatic hydroxyl groups is 1. The number of anilines is 1. The van der Waals surface area contributed by atoms with Crippen LogP contribution >= 0.6 is 0 Å². The third-order valence-electron chi connectivity index (χ3n) is 11.1. The lowest BCUT2D eigenvalue weighted by Gasteiger charge is -2.44. The maximum atomic E-state index is 17.1. The predicted molar refractivity (Wildman–Crippen MR) is 183 cm³/mol. The molecule has 3 saturated heterocycles. The first-order chi connectivity index (χ1) is 23.4. The number of aryl methyl sites for hydroxylation is 1. The van der Waals surface area contributed by atoms with Gasteiger partial charge in [0.2, 0.25) is 0 Å². The molecule has 0 unspecified atom stereocenters. The molecule has 2 aromatic heterocycles. The molecule has 0 radical (unpaired) electrons. The van der Waals surface area contributed by atoms with Crippen molar-refractivity contribution >= 4 is 27.5 Å². The highest BCUT2D eigenvalue weighted by molar-refractivity contribution is 6.01. The minimum atomic E-state index is -0.556. The second-order valence-electron chi connectivity index (χ2n) is 14.0. The number of hydrogen-bond acceptors (Lipinski definition) is 10. The molecule has 2 N–H and O–H groups in total. The van der Waals surface area contributed by atoms with Crippen molar-refractivity contribution in [2.24, 2.45) is 0 Å². The first-order valence-corrected chi connectivity index (χ1v) is 17.6. The molecule has 1 spiro atoms. The zero-order valence-corrected chi connectivity index (χ0v) is 27.9. The van der Waals surface area contributed by atoms with Crippen molar-refractivity contribution in [2.45, 2.75) is 69.6 Å². The second-order valence-corrected chi connectivity index (χ2v) is 14.0. The molecule has 0 saturated carbocycles. The molecule has 3 atom stereocenters. The molecule has 10 nitrogen and oxygen atoms in total. The lowest BCUT2D eigenvalue weighted by Crippen LogP contribution is -2.63. The summed E-state index contributed by atoms with van der Waals surface area (Å²) in [6, 6.07) is 9.40. The number of nitrogens with one attached hydrogen (secondary N) is 1. The molecule has 3 fully saturated rings. The molecular weight excluding hydrogens is 611 g/mol. The Hall–Kier alpha value is -3.64. The van der Waals surface area contributed by atoms with Crippen LogP contribution in [-0.4, -0.2) is 101 Å².